The molecule has 6 heteroatoms. The molecule has 1 aliphatic heterocycles. The highest BCUT2D eigenvalue weighted by atomic mass is 35.5. The third-order valence-electron chi connectivity index (χ3n) is 3.01. The number of piperidine rings is 1. The molecule has 102 valence electrons. The van der Waals surface area contributed by atoms with Gasteiger partial charge in [-0.3, -0.25) is 0 Å². The van der Waals surface area contributed by atoms with E-state index in [0.717, 1.165) is 18.9 Å². The summed E-state index contributed by atoms with van der Waals surface area (Å²) in [6.07, 6.45) is -1.98. The van der Waals surface area contributed by atoms with Crippen LogP contribution in [0.3, 0.4) is 0 Å². The minimum Gasteiger partial charge on any atom is -0.310 e. The summed E-state index contributed by atoms with van der Waals surface area (Å²) < 4.78 is 51.3. The Labute approximate surface area is 109 Å². The Morgan fingerprint density at radius 2 is 1.89 bits per heavy atom. The van der Waals surface area contributed by atoms with Crippen LogP contribution in [0.15, 0.2) is 18.2 Å². The first kappa shape index (κ1) is 15.2. The molecule has 0 spiro atoms. The molecule has 1 aliphatic rings. The molecule has 18 heavy (non-hydrogen) atoms. The lowest BCUT2D eigenvalue weighted by molar-refractivity contribution is -0.138. The Morgan fingerprint density at radius 1 is 1.17 bits per heavy atom. The average molecular weight is 284 g/mol. The van der Waals surface area contributed by atoms with Gasteiger partial charge in [-0.05, 0) is 37.1 Å². The third-order valence-corrected chi connectivity index (χ3v) is 3.01. The van der Waals surface area contributed by atoms with E-state index in [2.05, 4.69) is 5.32 Å². The molecule has 1 fully saturated rings. The number of rotatable bonds is 1. The molecule has 1 N–H and O–H groups in total. The second-order valence-electron chi connectivity index (χ2n) is 4.23. The molecule has 0 bridgehead atoms. The van der Waals surface area contributed by atoms with E-state index in [1.54, 1.807) is 0 Å². The molecule has 1 aromatic carbocycles. The lowest BCUT2D eigenvalue weighted by Gasteiger charge is -2.26. The maximum Gasteiger partial charge on any atom is 0.416 e. The highest BCUT2D eigenvalue weighted by molar-refractivity contribution is 5.85. The molecule has 1 aromatic rings. The molecular weight excluding hydrogens is 270 g/mol. The summed E-state index contributed by atoms with van der Waals surface area (Å²) in [5.41, 5.74) is -0.712. The van der Waals surface area contributed by atoms with Crippen LogP contribution in [0.5, 0.6) is 0 Å². The fourth-order valence-electron chi connectivity index (χ4n) is 2.20. The van der Waals surface area contributed by atoms with Gasteiger partial charge < -0.3 is 5.32 Å². The number of hydrogen-bond donors (Lipinski definition) is 1. The fourth-order valence-corrected chi connectivity index (χ4v) is 2.20. The van der Waals surface area contributed by atoms with Crippen molar-refractivity contribution >= 4 is 12.4 Å². The predicted octanol–water partition coefficient (Wildman–Crippen LogP) is 4.08. The molecule has 0 aromatic heterocycles. The van der Waals surface area contributed by atoms with Crippen molar-refractivity contribution in [3.63, 3.8) is 0 Å². The van der Waals surface area contributed by atoms with Gasteiger partial charge in [0.05, 0.1) is 5.56 Å². The van der Waals surface area contributed by atoms with Gasteiger partial charge in [0.1, 0.15) is 5.82 Å². The Kier molecular flexibility index (Phi) is 4.99. The number of halogens is 5. The smallest absolute Gasteiger partial charge is 0.310 e. The average Bonchev–Trinajstić information content (AvgIpc) is 2.29. The number of alkyl halides is 3. The molecule has 0 radical (unpaired) electrons. The minimum atomic E-state index is -4.50. The Bertz CT molecular complexity index is 400. The van der Waals surface area contributed by atoms with Crippen molar-refractivity contribution in [1.82, 2.24) is 5.32 Å². The molecule has 0 amide bonds. The van der Waals surface area contributed by atoms with E-state index in [9.17, 15) is 17.6 Å². The number of hydrogen-bond acceptors (Lipinski definition) is 1. The minimum absolute atomic E-state index is 0. The summed E-state index contributed by atoms with van der Waals surface area (Å²) in [5.74, 6) is -0.850. The van der Waals surface area contributed by atoms with Crippen LogP contribution in [0, 0.1) is 5.82 Å². The topological polar surface area (TPSA) is 12.0 Å². The van der Waals surface area contributed by atoms with E-state index < -0.39 is 17.6 Å². The van der Waals surface area contributed by atoms with Crippen molar-refractivity contribution in [3.05, 3.63) is 35.1 Å². The van der Waals surface area contributed by atoms with Crippen LogP contribution in [0.25, 0.3) is 0 Å². The first-order chi connectivity index (χ1) is 7.98. The normalized spacial score (nSPS) is 20.3. The first-order valence-electron chi connectivity index (χ1n) is 5.58. The van der Waals surface area contributed by atoms with Gasteiger partial charge in [0.15, 0.2) is 0 Å². The molecule has 0 saturated carbocycles. The summed E-state index contributed by atoms with van der Waals surface area (Å²) in [7, 11) is 0. The van der Waals surface area contributed by atoms with Gasteiger partial charge in [0.2, 0.25) is 0 Å². The van der Waals surface area contributed by atoms with Crippen molar-refractivity contribution < 1.29 is 17.6 Å². The highest BCUT2D eigenvalue weighted by Crippen LogP contribution is 2.37. The van der Waals surface area contributed by atoms with Crippen LogP contribution < -0.4 is 5.32 Å². The van der Waals surface area contributed by atoms with Gasteiger partial charge in [-0.1, -0.05) is 12.5 Å². The second kappa shape index (κ2) is 5.89. The monoisotopic (exact) mass is 283 g/mol. The van der Waals surface area contributed by atoms with E-state index in [0.29, 0.717) is 19.0 Å². The van der Waals surface area contributed by atoms with E-state index in [1.807, 2.05) is 0 Å². The van der Waals surface area contributed by atoms with E-state index >= 15 is 0 Å². The second-order valence-corrected chi connectivity index (χ2v) is 4.23. The zero-order valence-electron chi connectivity index (χ0n) is 9.56. The maximum atomic E-state index is 12.9. The quantitative estimate of drug-likeness (QED) is 0.766. The largest absolute Gasteiger partial charge is 0.416 e. The number of benzene rings is 1. The lowest BCUT2D eigenvalue weighted by atomic mass is 9.93. The third kappa shape index (κ3) is 3.36. The molecule has 1 atom stereocenters. The summed E-state index contributed by atoms with van der Waals surface area (Å²) in [6, 6.07) is 2.58. The standard InChI is InChI=1S/C12H13F4N.ClH/c13-8-4-5-9(10(7-8)12(14,15)16)11-3-1-2-6-17-11;/h4-5,7,11,17H,1-3,6H2;1H/t11-;/m0./s1. The van der Waals surface area contributed by atoms with Crippen LogP contribution in [-0.2, 0) is 6.18 Å². The van der Waals surface area contributed by atoms with Crippen molar-refractivity contribution in [3.8, 4) is 0 Å². The van der Waals surface area contributed by atoms with Crippen LogP contribution in [0.1, 0.15) is 36.4 Å². The molecule has 1 nitrogen and oxygen atoms in total. The lowest BCUT2D eigenvalue weighted by Crippen LogP contribution is -2.28. The van der Waals surface area contributed by atoms with Crippen molar-refractivity contribution in [2.45, 2.75) is 31.5 Å². The Morgan fingerprint density at radius 3 is 2.44 bits per heavy atom. The summed E-state index contributed by atoms with van der Waals surface area (Å²) in [5, 5.41) is 3.04. The summed E-state index contributed by atoms with van der Waals surface area (Å²) >= 11 is 0. The van der Waals surface area contributed by atoms with Crippen molar-refractivity contribution in [1.29, 1.82) is 0 Å². The molecule has 1 heterocycles. The van der Waals surface area contributed by atoms with Crippen LogP contribution in [-0.4, -0.2) is 6.54 Å². The van der Waals surface area contributed by atoms with Crippen LogP contribution in [0.2, 0.25) is 0 Å². The van der Waals surface area contributed by atoms with Gasteiger partial charge in [-0.2, -0.15) is 13.2 Å². The Hall–Kier alpha value is -0.810. The van der Waals surface area contributed by atoms with Gasteiger partial charge in [0, 0.05) is 6.04 Å². The molecule has 0 aliphatic carbocycles. The predicted molar refractivity (Wildman–Crippen MR) is 63.2 cm³/mol. The first-order valence-corrected chi connectivity index (χ1v) is 5.58. The molecule has 0 unspecified atom stereocenters. The maximum absolute atomic E-state index is 12.9. The van der Waals surface area contributed by atoms with Gasteiger partial charge >= 0.3 is 6.18 Å². The molecule has 1 saturated heterocycles. The van der Waals surface area contributed by atoms with Crippen LogP contribution >= 0.6 is 12.4 Å². The van der Waals surface area contributed by atoms with E-state index in [1.165, 1.54) is 6.07 Å². The summed E-state index contributed by atoms with van der Waals surface area (Å²) in [6.45, 7) is 0.708. The fraction of sp³-hybridized carbons (Fsp3) is 0.500. The van der Waals surface area contributed by atoms with Crippen LogP contribution in [0.4, 0.5) is 17.6 Å². The molecule has 2 rings (SSSR count). The van der Waals surface area contributed by atoms with E-state index in [-0.39, 0.29) is 24.0 Å². The zero-order valence-corrected chi connectivity index (χ0v) is 10.4. The highest BCUT2D eigenvalue weighted by Gasteiger charge is 2.35. The van der Waals surface area contributed by atoms with Gasteiger partial charge in [0.25, 0.3) is 0 Å². The van der Waals surface area contributed by atoms with Gasteiger partial charge in [-0.25, -0.2) is 4.39 Å². The summed E-state index contributed by atoms with van der Waals surface area (Å²) in [4.78, 5) is 0. The van der Waals surface area contributed by atoms with Crippen molar-refractivity contribution in [2.75, 3.05) is 6.54 Å². The van der Waals surface area contributed by atoms with Gasteiger partial charge in [-0.15, -0.1) is 12.4 Å². The SMILES string of the molecule is Cl.Fc1ccc([C@@H]2CCCCN2)c(C(F)(F)F)c1. The van der Waals surface area contributed by atoms with E-state index in [4.69, 9.17) is 0 Å². The molecular formula is C12H14ClF4N. The number of nitrogens with one attached hydrogen (secondary N) is 1. The zero-order chi connectivity index (χ0) is 12.5. The Balaban J connectivity index is 0.00000162. The van der Waals surface area contributed by atoms with Crippen molar-refractivity contribution in [2.24, 2.45) is 0 Å².